The minimum atomic E-state index is 0.303. The lowest BCUT2D eigenvalue weighted by Gasteiger charge is -2.39. The Labute approximate surface area is 83.5 Å². The molecule has 72 valence electrons. The Morgan fingerprint density at radius 2 is 2.21 bits per heavy atom. The number of nitrogens with zero attached hydrogens (tertiary/aromatic N) is 3. The van der Waals surface area contributed by atoms with E-state index in [4.69, 9.17) is 0 Å². The lowest BCUT2D eigenvalue weighted by atomic mass is 9.99. The first-order valence-electron chi connectivity index (χ1n) is 5.14. The van der Waals surface area contributed by atoms with Crippen LogP contribution in [0.25, 0.3) is 0 Å². The summed E-state index contributed by atoms with van der Waals surface area (Å²) in [6, 6.07) is 0.709. The minimum absolute atomic E-state index is 0.303. The molecule has 0 aromatic rings. The van der Waals surface area contributed by atoms with E-state index in [1.165, 1.54) is 0 Å². The fourth-order valence-electron chi connectivity index (χ4n) is 2.22. The van der Waals surface area contributed by atoms with Crippen molar-refractivity contribution in [3.63, 3.8) is 0 Å². The summed E-state index contributed by atoms with van der Waals surface area (Å²) in [5, 5.41) is 0. The minimum Gasteiger partial charge on any atom is -0.347 e. The summed E-state index contributed by atoms with van der Waals surface area (Å²) in [6.45, 7) is 2.07. The van der Waals surface area contributed by atoms with Crippen molar-refractivity contribution in [1.82, 2.24) is 4.90 Å². The van der Waals surface area contributed by atoms with Gasteiger partial charge in [-0.15, -0.1) is 0 Å². The maximum Gasteiger partial charge on any atom is 0.142 e. The van der Waals surface area contributed by atoms with E-state index in [-0.39, 0.29) is 0 Å². The highest BCUT2D eigenvalue weighted by molar-refractivity contribution is 6.30. The second kappa shape index (κ2) is 3.08. The Bertz CT molecular complexity index is 352. The predicted octanol–water partition coefficient (Wildman–Crippen LogP) is 1.04. The van der Waals surface area contributed by atoms with Crippen molar-refractivity contribution in [1.29, 1.82) is 0 Å². The summed E-state index contributed by atoms with van der Waals surface area (Å²) in [4.78, 5) is 11.3. The van der Waals surface area contributed by atoms with Crippen molar-refractivity contribution in [2.24, 2.45) is 9.98 Å². The van der Waals surface area contributed by atoms with Gasteiger partial charge >= 0.3 is 0 Å². The lowest BCUT2D eigenvalue weighted by molar-refractivity contribution is 0.318. The molecule has 0 saturated carbocycles. The Morgan fingerprint density at radius 3 is 3.21 bits per heavy atom. The van der Waals surface area contributed by atoms with Gasteiger partial charge in [0.1, 0.15) is 5.84 Å². The Balaban J connectivity index is 1.99. The average molecular weight is 187 g/mol. The molecule has 0 spiro atoms. The van der Waals surface area contributed by atoms with Gasteiger partial charge in [0.05, 0.1) is 18.3 Å². The monoisotopic (exact) mass is 187 g/mol. The molecule has 0 saturated heterocycles. The summed E-state index contributed by atoms with van der Waals surface area (Å²) < 4.78 is 0. The highest BCUT2D eigenvalue weighted by atomic mass is 15.3. The van der Waals surface area contributed by atoms with E-state index >= 15 is 0 Å². The van der Waals surface area contributed by atoms with Crippen LogP contribution in [0.1, 0.15) is 6.42 Å². The smallest absolute Gasteiger partial charge is 0.142 e. The second-order valence-corrected chi connectivity index (χ2v) is 3.82. The van der Waals surface area contributed by atoms with Crippen LogP contribution < -0.4 is 0 Å². The van der Waals surface area contributed by atoms with Gasteiger partial charge in [-0.1, -0.05) is 24.3 Å². The number of amidine groups is 1. The van der Waals surface area contributed by atoms with Gasteiger partial charge in [0, 0.05) is 13.1 Å². The van der Waals surface area contributed by atoms with Gasteiger partial charge in [-0.2, -0.15) is 0 Å². The molecule has 0 aromatic carbocycles. The first-order valence-corrected chi connectivity index (χ1v) is 5.14. The molecule has 3 nitrogen and oxygen atoms in total. The summed E-state index contributed by atoms with van der Waals surface area (Å²) in [5.74, 6) is 1.07. The average Bonchev–Trinajstić information content (AvgIpc) is 2.29. The summed E-state index contributed by atoms with van der Waals surface area (Å²) >= 11 is 0. The van der Waals surface area contributed by atoms with Crippen LogP contribution >= 0.6 is 0 Å². The van der Waals surface area contributed by atoms with E-state index in [0.29, 0.717) is 12.1 Å². The topological polar surface area (TPSA) is 28.0 Å². The van der Waals surface area contributed by atoms with E-state index in [1.807, 2.05) is 6.21 Å². The van der Waals surface area contributed by atoms with Gasteiger partial charge < -0.3 is 4.90 Å². The number of hydrogen-bond acceptors (Lipinski definition) is 3. The first-order chi connectivity index (χ1) is 6.95. The SMILES string of the molecule is C1=C[C@@H]2[C@@H](C=C1)N=CC1=NCCCN12. The van der Waals surface area contributed by atoms with Gasteiger partial charge in [0.25, 0.3) is 0 Å². The van der Waals surface area contributed by atoms with Gasteiger partial charge in [-0.3, -0.25) is 9.98 Å². The molecule has 3 rings (SSSR count). The lowest BCUT2D eigenvalue weighted by Crippen LogP contribution is -2.51. The summed E-state index contributed by atoms with van der Waals surface area (Å²) in [7, 11) is 0. The fraction of sp³-hybridized carbons (Fsp3) is 0.455. The molecule has 0 radical (unpaired) electrons. The molecular weight excluding hydrogens is 174 g/mol. The Morgan fingerprint density at radius 1 is 1.29 bits per heavy atom. The molecule has 0 N–H and O–H groups in total. The summed E-state index contributed by atoms with van der Waals surface area (Å²) in [6.07, 6.45) is 11.6. The third kappa shape index (κ3) is 1.12. The van der Waals surface area contributed by atoms with E-state index < -0.39 is 0 Å². The highest BCUT2D eigenvalue weighted by Crippen LogP contribution is 2.21. The van der Waals surface area contributed by atoms with Crippen molar-refractivity contribution >= 4 is 12.1 Å². The van der Waals surface area contributed by atoms with Crippen molar-refractivity contribution in [3.05, 3.63) is 24.3 Å². The molecule has 3 heteroatoms. The van der Waals surface area contributed by atoms with E-state index in [9.17, 15) is 0 Å². The number of aliphatic imine (C=N–C) groups is 2. The number of fused-ring (bicyclic) bond motifs is 3. The third-order valence-electron chi connectivity index (χ3n) is 2.92. The van der Waals surface area contributed by atoms with Gasteiger partial charge in [-0.05, 0) is 6.42 Å². The normalized spacial score (nSPS) is 33.7. The molecule has 14 heavy (non-hydrogen) atoms. The molecular formula is C11H13N3. The van der Waals surface area contributed by atoms with Crippen LogP contribution in [0.4, 0.5) is 0 Å². The van der Waals surface area contributed by atoms with Crippen molar-refractivity contribution < 1.29 is 0 Å². The zero-order valence-corrected chi connectivity index (χ0v) is 8.00. The molecule has 0 unspecified atom stereocenters. The zero-order chi connectivity index (χ0) is 9.38. The van der Waals surface area contributed by atoms with E-state index in [1.54, 1.807) is 0 Å². The molecule has 3 aliphatic rings. The maximum absolute atomic E-state index is 4.50. The van der Waals surface area contributed by atoms with Crippen LogP contribution in [-0.2, 0) is 0 Å². The highest BCUT2D eigenvalue weighted by Gasteiger charge is 2.30. The molecule has 2 heterocycles. The van der Waals surface area contributed by atoms with Crippen molar-refractivity contribution in [2.75, 3.05) is 13.1 Å². The molecule has 0 aromatic heterocycles. The van der Waals surface area contributed by atoms with Gasteiger partial charge in [0.2, 0.25) is 0 Å². The molecule has 2 aliphatic heterocycles. The Hall–Kier alpha value is -1.38. The molecule has 2 atom stereocenters. The number of hydrogen-bond donors (Lipinski definition) is 0. The van der Waals surface area contributed by atoms with Crippen LogP contribution in [0.2, 0.25) is 0 Å². The number of allylic oxidation sites excluding steroid dienone is 2. The largest absolute Gasteiger partial charge is 0.347 e. The fourth-order valence-corrected chi connectivity index (χ4v) is 2.22. The molecule has 0 fully saturated rings. The summed E-state index contributed by atoms with van der Waals surface area (Å²) in [5.41, 5.74) is 0. The van der Waals surface area contributed by atoms with Crippen LogP contribution in [0.3, 0.4) is 0 Å². The van der Waals surface area contributed by atoms with E-state index in [0.717, 1.165) is 25.3 Å². The zero-order valence-electron chi connectivity index (χ0n) is 8.00. The van der Waals surface area contributed by atoms with Crippen LogP contribution in [0.15, 0.2) is 34.3 Å². The molecule has 0 bridgehead atoms. The first kappa shape index (κ1) is 7.97. The standard InChI is InChI=1S/C11H13N3/c1-2-5-10-9(4-1)13-8-11-12-6-3-7-14(10)11/h1-2,4-5,8-10H,3,6-7H2/t9-,10-/m1/s1. The van der Waals surface area contributed by atoms with Gasteiger partial charge in [0.15, 0.2) is 0 Å². The van der Waals surface area contributed by atoms with Crippen LogP contribution in [0.5, 0.6) is 0 Å². The quantitative estimate of drug-likeness (QED) is 0.557. The van der Waals surface area contributed by atoms with Gasteiger partial charge in [-0.25, -0.2) is 0 Å². The van der Waals surface area contributed by atoms with Crippen LogP contribution in [0, 0.1) is 0 Å². The number of rotatable bonds is 0. The van der Waals surface area contributed by atoms with Crippen LogP contribution in [-0.4, -0.2) is 42.1 Å². The van der Waals surface area contributed by atoms with E-state index in [2.05, 4.69) is 39.2 Å². The molecule has 1 aliphatic carbocycles. The Kier molecular flexibility index (Phi) is 1.76. The maximum atomic E-state index is 4.50. The second-order valence-electron chi connectivity index (χ2n) is 3.82. The molecule has 0 amide bonds. The van der Waals surface area contributed by atoms with Crippen molar-refractivity contribution in [2.45, 2.75) is 18.5 Å². The third-order valence-corrected chi connectivity index (χ3v) is 2.92. The predicted molar refractivity (Wildman–Crippen MR) is 58.0 cm³/mol. The van der Waals surface area contributed by atoms with Crippen molar-refractivity contribution in [3.8, 4) is 0 Å².